The number of fused-ring (bicyclic) bond motifs is 1. The molecular formula is C16H22ClN3O3. The summed E-state index contributed by atoms with van der Waals surface area (Å²) in [6, 6.07) is 7.54. The number of nitrogens with zero attached hydrogens (tertiary/aromatic N) is 1. The van der Waals surface area contributed by atoms with Gasteiger partial charge in [-0.15, -0.1) is 12.4 Å². The van der Waals surface area contributed by atoms with Crippen molar-refractivity contribution in [1.29, 1.82) is 0 Å². The smallest absolute Gasteiger partial charge is 0.325 e. The predicted molar refractivity (Wildman–Crippen MR) is 93.0 cm³/mol. The predicted octanol–water partition coefficient (Wildman–Crippen LogP) is 2.17. The summed E-state index contributed by atoms with van der Waals surface area (Å²) in [5.74, 6) is -0.288. The number of carbonyl (C=O) groups is 2. The number of rotatable bonds is 7. The summed E-state index contributed by atoms with van der Waals surface area (Å²) >= 11 is 0. The van der Waals surface area contributed by atoms with Gasteiger partial charge in [0.2, 0.25) is 5.91 Å². The molecule has 0 atom stereocenters. The average molecular weight is 340 g/mol. The molecule has 23 heavy (non-hydrogen) atoms. The molecule has 1 aromatic heterocycles. The maximum atomic E-state index is 11.7. The Kier molecular flexibility index (Phi) is 7.57. The lowest BCUT2D eigenvalue weighted by molar-refractivity contribution is -0.143. The van der Waals surface area contributed by atoms with Gasteiger partial charge in [0.15, 0.2) is 0 Å². The Morgan fingerprint density at radius 2 is 2.04 bits per heavy atom. The summed E-state index contributed by atoms with van der Waals surface area (Å²) in [6.07, 6.45) is 2.27. The zero-order valence-electron chi connectivity index (χ0n) is 13.3. The third-order valence-corrected chi connectivity index (χ3v) is 3.26. The normalized spacial score (nSPS) is 10.2. The molecule has 1 aromatic carbocycles. The fourth-order valence-electron chi connectivity index (χ4n) is 2.22. The Balaban J connectivity index is 0.00000264. The highest BCUT2D eigenvalue weighted by Crippen LogP contribution is 2.20. The minimum atomic E-state index is -0.260. The first kappa shape index (κ1) is 19.0. The first-order valence-corrected chi connectivity index (χ1v) is 7.33. The SMILES string of the molecule is CCOC(=O)Cn1ccc2cc(NC(=O)CCNC)ccc21.Cl. The van der Waals surface area contributed by atoms with Gasteiger partial charge in [0.1, 0.15) is 6.54 Å². The van der Waals surface area contributed by atoms with E-state index in [4.69, 9.17) is 4.74 Å². The van der Waals surface area contributed by atoms with E-state index in [1.54, 1.807) is 6.92 Å². The number of halogens is 1. The number of nitrogens with one attached hydrogen (secondary N) is 2. The van der Waals surface area contributed by atoms with Crippen molar-refractivity contribution in [2.24, 2.45) is 0 Å². The molecule has 2 aromatic rings. The molecule has 0 unspecified atom stereocenters. The molecule has 0 spiro atoms. The van der Waals surface area contributed by atoms with Crippen LogP contribution >= 0.6 is 12.4 Å². The number of esters is 1. The summed E-state index contributed by atoms with van der Waals surface area (Å²) in [4.78, 5) is 23.3. The molecule has 0 fully saturated rings. The Bertz CT molecular complexity index is 670. The van der Waals surface area contributed by atoms with Crippen molar-refractivity contribution >= 4 is 40.9 Å². The van der Waals surface area contributed by atoms with E-state index in [0.717, 1.165) is 16.6 Å². The van der Waals surface area contributed by atoms with Gasteiger partial charge in [0, 0.05) is 35.8 Å². The minimum Gasteiger partial charge on any atom is -0.465 e. The van der Waals surface area contributed by atoms with Crippen molar-refractivity contribution in [1.82, 2.24) is 9.88 Å². The van der Waals surface area contributed by atoms with E-state index < -0.39 is 0 Å². The Hall–Kier alpha value is -2.05. The summed E-state index contributed by atoms with van der Waals surface area (Å²) < 4.78 is 6.79. The first-order valence-electron chi connectivity index (χ1n) is 7.33. The molecular weight excluding hydrogens is 318 g/mol. The van der Waals surface area contributed by atoms with Crippen LogP contribution in [0.3, 0.4) is 0 Å². The molecule has 0 bridgehead atoms. The van der Waals surface area contributed by atoms with Gasteiger partial charge in [-0.3, -0.25) is 9.59 Å². The van der Waals surface area contributed by atoms with Crippen molar-refractivity contribution in [3.05, 3.63) is 30.5 Å². The van der Waals surface area contributed by atoms with Crippen molar-refractivity contribution in [3.8, 4) is 0 Å². The maximum absolute atomic E-state index is 11.7. The number of amides is 1. The highest BCUT2D eigenvalue weighted by Gasteiger charge is 2.08. The third kappa shape index (κ3) is 5.26. The van der Waals surface area contributed by atoms with Crippen LogP contribution in [0.15, 0.2) is 30.5 Å². The summed E-state index contributed by atoms with van der Waals surface area (Å²) in [6.45, 7) is 2.99. The van der Waals surface area contributed by atoms with Crippen LogP contribution in [0.25, 0.3) is 10.9 Å². The second-order valence-corrected chi connectivity index (χ2v) is 4.92. The molecule has 0 aliphatic rings. The van der Waals surface area contributed by atoms with Gasteiger partial charge in [0.05, 0.1) is 6.61 Å². The Morgan fingerprint density at radius 3 is 2.74 bits per heavy atom. The summed E-state index contributed by atoms with van der Waals surface area (Å²) in [5, 5.41) is 6.77. The third-order valence-electron chi connectivity index (χ3n) is 3.26. The molecule has 0 aliphatic heterocycles. The van der Waals surface area contributed by atoms with Gasteiger partial charge in [-0.05, 0) is 38.2 Å². The lowest BCUT2D eigenvalue weighted by atomic mass is 10.2. The zero-order chi connectivity index (χ0) is 15.9. The molecule has 2 N–H and O–H groups in total. The number of hydrogen-bond acceptors (Lipinski definition) is 4. The molecule has 0 radical (unpaired) electrons. The second kappa shape index (κ2) is 9.17. The summed E-state index contributed by atoms with van der Waals surface area (Å²) in [7, 11) is 1.81. The fraction of sp³-hybridized carbons (Fsp3) is 0.375. The number of benzene rings is 1. The van der Waals surface area contributed by atoms with Crippen LogP contribution in [0.1, 0.15) is 13.3 Å². The van der Waals surface area contributed by atoms with E-state index in [2.05, 4.69) is 10.6 Å². The van der Waals surface area contributed by atoms with E-state index >= 15 is 0 Å². The van der Waals surface area contributed by atoms with E-state index in [9.17, 15) is 9.59 Å². The lowest BCUT2D eigenvalue weighted by Gasteiger charge is -2.07. The molecule has 7 heteroatoms. The molecule has 0 saturated carbocycles. The van der Waals surface area contributed by atoms with E-state index in [1.165, 1.54) is 0 Å². The van der Waals surface area contributed by atoms with E-state index in [1.807, 2.05) is 42.1 Å². The van der Waals surface area contributed by atoms with Crippen LogP contribution in [0.2, 0.25) is 0 Å². The quantitative estimate of drug-likeness (QED) is 0.758. The molecule has 1 amide bonds. The van der Waals surface area contributed by atoms with Crippen LogP contribution in [-0.2, 0) is 20.9 Å². The van der Waals surface area contributed by atoms with Gasteiger partial charge < -0.3 is 19.9 Å². The van der Waals surface area contributed by atoms with Gasteiger partial charge in [0.25, 0.3) is 0 Å². The van der Waals surface area contributed by atoms with Crippen LogP contribution in [-0.4, -0.2) is 36.6 Å². The second-order valence-electron chi connectivity index (χ2n) is 4.92. The standard InChI is InChI=1S/C16H21N3O3.ClH/c1-3-22-16(21)11-19-9-7-12-10-13(4-5-14(12)19)18-15(20)6-8-17-2;/h4-5,7,9-10,17H,3,6,8,11H2,1-2H3,(H,18,20);1H. The Labute approximate surface area is 141 Å². The van der Waals surface area contributed by atoms with Gasteiger partial charge >= 0.3 is 5.97 Å². The average Bonchev–Trinajstić information content (AvgIpc) is 2.87. The zero-order valence-corrected chi connectivity index (χ0v) is 14.1. The van der Waals surface area contributed by atoms with Crippen molar-refractivity contribution in [3.63, 3.8) is 0 Å². The largest absolute Gasteiger partial charge is 0.465 e. The minimum absolute atomic E-state index is 0. The molecule has 0 aliphatic carbocycles. The number of ether oxygens (including phenoxy) is 1. The van der Waals surface area contributed by atoms with Crippen LogP contribution in [0, 0.1) is 0 Å². The molecule has 6 nitrogen and oxygen atoms in total. The van der Waals surface area contributed by atoms with Crippen LogP contribution < -0.4 is 10.6 Å². The molecule has 1 heterocycles. The lowest BCUT2D eigenvalue weighted by Crippen LogP contribution is -2.18. The molecule has 126 valence electrons. The molecule has 0 saturated heterocycles. The summed E-state index contributed by atoms with van der Waals surface area (Å²) in [5.41, 5.74) is 1.68. The fourth-order valence-corrected chi connectivity index (χ4v) is 2.22. The monoisotopic (exact) mass is 339 g/mol. The van der Waals surface area contributed by atoms with Crippen molar-refractivity contribution in [2.45, 2.75) is 19.9 Å². The number of hydrogen-bond donors (Lipinski definition) is 2. The van der Waals surface area contributed by atoms with Crippen molar-refractivity contribution in [2.75, 3.05) is 25.5 Å². The Morgan fingerprint density at radius 1 is 1.26 bits per heavy atom. The number of anilines is 1. The topological polar surface area (TPSA) is 72.4 Å². The van der Waals surface area contributed by atoms with Crippen LogP contribution in [0.4, 0.5) is 5.69 Å². The number of carbonyl (C=O) groups excluding carboxylic acids is 2. The molecule has 2 rings (SSSR count). The highest BCUT2D eigenvalue weighted by atomic mass is 35.5. The first-order chi connectivity index (χ1) is 10.6. The van der Waals surface area contributed by atoms with Gasteiger partial charge in [-0.1, -0.05) is 0 Å². The van der Waals surface area contributed by atoms with E-state index in [0.29, 0.717) is 19.6 Å². The number of aromatic nitrogens is 1. The van der Waals surface area contributed by atoms with Crippen LogP contribution in [0.5, 0.6) is 0 Å². The van der Waals surface area contributed by atoms with Crippen molar-refractivity contribution < 1.29 is 14.3 Å². The van der Waals surface area contributed by atoms with E-state index in [-0.39, 0.29) is 30.8 Å². The highest BCUT2D eigenvalue weighted by molar-refractivity contribution is 5.94. The van der Waals surface area contributed by atoms with Gasteiger partial charge in [-0.2, -0.15) is 0 Å². The maximum Gasteiger partial charge on any atom is 0.325 e. The van der Waals surface area contributed by atoms with Gasteiger partial charge in [-0.25, -0.2) is 0 Å².